The largest absolute Gasteiger partial charge is 4.00 e. The summed E-state index contributed by atoms with van der Waals surface area (Å²) in [5.74, 6) is 0. The number of hydrogen-bond acceptors (Lipinski definition) is 0. The molecule has 364 valence electrons. The van der Waals surface area contributed by atoms with Crippen LogP contribution in [-0.4, -0.2) is 51.6 Å². The summed E-state index contributed by atoms with van der Waals surface area (Å²) in [5, 5.41) is 23.5. The predicted octanol–water partition coefficient (Wildman–Crippen LogP) is 21.5. The molecular formula is C54H104HfN4P4. The van der Waals surface area contributed by atoms with Crippen molar-refractivity contribution in [1.82, 2.24) is 0 Å². The maximum atomic E-state index is 12.1. The van der Waals surface area contributed by atoms with Gasteiger partial charge in [-0.3, -0.25) is 0 Å². The van der Waals surface area contributed by atoms with Crippen LogP contribution in [0.5, 0.6) is 0 Å². The van der Waals surface area contributed by atoms with Crippen molar-refractivity contribution in [1.29, 1.82) is 0 Å². The first-order valence-electron chi connectivity index (χ1n) is 23.0. The van der Waals surface area contributed by atoms with Crippen molar-refractivity contribution in [3.63, 3.8) is 0 Å². The molecular weight excluding hydrogens is 1010 g/mol. The Hall–Kier alpha value is -0.0299. The monoisotopic (exact) mass is 1110 g/mol. The van der Waals surface area contributed by atoms with E-state index in [1.54, 1.807) is 0 Å². The molecule has 9 heteroatoms. The molecule has 0 fully saturated rings. The molecule has 4 nitrogen and oxygen atoms in total. The van der Waals surface area contributed by atoms with Crippen molar-refractivity contribution in [2.45, 2.75) is 259 Å². The molecule has 2 aromatic carbocycles. The molecule has 0 saturated carbocycles. The van der Waals surface area contributed by atoms with Crippen LogP contribution >= 0.6 is 28.5 Å². The Labute approximate surface area is 415 Å². The molecule has 0 radical (unpaired) electrons. The topological polar surface area (TPSA) is 69.3 Å². The summed E-state index contributed by atoms with van der Waals surface area (Å²) in [7, 11) is -9.02. The van der Waals surface area contributed by atoms with Gasteiger partial charge in [-0.25, -0.2) is 0 Å². The summed E-state index contributed by atoms with van der Waals surface area (Å²) in [4.78, 5) is 0. The van der Waals surface area contributed by atoms with Gasteiger partial charge in [0.25, 0.3) is 0 Å². The number of nitrogens with zero attached hydrogens (tertiary/aromatic N) is 4. The van der Waals surface area contributed by atoms with Crippen LogP contribution in [0.1, 0.15) is 219 Å². The normalized spacial score (nSPS) is 14.3. The van der Waals surface area contributed by atoms with E-state index in [0.29, 0.717) is 0 Å². The number of benzene rings is 2. The first-order chi connectivity index (χ1) is 26.7. The van der Waals surface area contributed by atoms with Crippen LogP contribution in [0.3, 0.4) is 0 Å². The van der Waals surface area contributed by atoms with Crippen molar-refractivity contribution < 1.29 is 25.8 Å². The second-order valence-corrected chi connectivity index (χ2v) is 47.1. The minimum atomic E-state index is -2.57. The van der Waals surface area contributed by atoms with Gasteiger partial charge in [-0.15, -0.1) is 38.7 Å². The second-order valence-electron chi connectivity index (χ2n) is 27.3. The molecule has 63 heavy (non-hydrogen) atoms. The molecule has 0 aliphatic heterocycles. The van der Waals surface area contributed by atoms with Gasteiger partial charge < -0.3 is 19.4 Å². The van der Waals surface area contributed by atoms with Crippen LogP contribution in [0.15, 0.2) is 69.7 Å². The van der Waals surface area contributed by atoms with Crippen LogP contribution in [0, 0.1) is 13.8 Å². The maximum absolute atomic E-state index is 12.1. The Kier molecular flexibility index (Phi) is 23.6. The fourth-order valence-electron chi connectivity index (χ4n) is 10.7. The third kappa shape index (κ3) is 16.0. The Bertz CT molecular complexity index is 1630. The Balaban J connectivity index is -0.000000858. The smallest absolute Gasteiger partial charge is 0.789 e. The van der Waals surface area contributed by atoms with E-state index in [1.807, 2.05) is 60.7 Å². The second kappa shape index (κ2) is 22.2. The molecule has 0 aliphatic carbocycles. The zero-order chi connectivity index (χ0) is 50.6. The number of hydrogen-bond donors (Lipinski definition) is 0. The van der Waals surface area contributed by atoms with Gasteiger partial charge in [0.1, 0.15) is 0 Å². The summed E-state index contributed by atoms with van der Waals surface area (Å²) < 4.78 is 11.3. The van der Waals surface area contributed by atoms with Gasteiger partial charge >= 0.3 is 25.8 Å². The van der Waals surface area contributed by atoms with Crippen LogP contribution in [-0.2, 0) is 25.8 Å². The van der Waals surface area contributed by atoms with Crippen LogP contribution in [0.4, 0.5) is 0 Å². The molecule has 0 atom stereocenters. The summed E-state index contributed by atoms with van der Waals surface area (Å²) >= 11 is 0. The van der Waals surface area contributed by atoms with E-state index in [9.17, 15) is 10.3 Å². The van der Waals surface area contributed by atoms with Gasteiger partial charge in [-0.2, -0.15) is 49.2 Å². The zero-order valence-corrected chi connectivity index (χ0v) is 54.4. The zero-order valence-electron chi connectivity index (χ0n) is 47.3. The fraction of sp³-hybridized carbons (Fsp3) is 0.741. The van der Waals surface area contributed by atoms with Gasteiger partial charge in [0.15, 0.2) is 0 Å². The molecule has 2 aromatic rings. The van der Waals surface area contributed by atoms with Crippen molar-refractivity contribution in [3.8, 4) is 0 Å². The average molecular weight is 1110 g/mol. The van der Waals surface area contributed by atoms with Gasteiger partial charge in [-0.05, 0) is 65.7 Å². The Morgan fingerprint density at radius 3 is 0.524 bits per heavy atom. The van der Waals surface area contributed by atoms with E-state index in [-0.39, 0.29) is 77.4 Å². The van der Waals surface area contributed by atoms with Gasteiger partial charge in [0.05, 0.1) is 0 Å². The molecule has 2 rings (SSSR count). The molecule has 0 amide bonds. The summed E-state index contributed by atoms with van der Waals surface area (Å²) in [6.07, 6.45) is 0. The van der Waals surface area contributed by atoms with Crippen molar-refractivity contribution in [2.75, 3.05) is 0 Å². The quantitative estimate of drug-likeness (QED) is 0.163. The standard InChI is InChI=1S/2C20H45N2P2.2C7H7.Hf/c2*1-16(2,3)23(17(4,5)6,18(7,8)9)22-24(21,19(10,11)12)20(13,14)15;2*1-7-5-3-2-4-6-7;/h2*1-15H3;2*2-6H,1H2;/q4*-1;+4. The molecule has 0 heterocycles. The average Bonchev–Trinajstić information content (AvgIpc) is 2.98. The first-order valence-corrected chi connectivity index (χ1v) is 29.8. The molecule has 0 aliphatic rings. The molecule has 0 unspecified atom stereocenters. The van der Waals surface area contributed by atoms with E-state index in [4.69, 9.17) is 9.03 Å². The summed E-state index contributed by atoms with van der Waals surface area (Å²) in [5.41, 5.74) is 2.14. The van der Waals surface area contributed by atoms with Crippen LogP contribution < -0.4 is 0 Å². The molecule has 0 aromatic heterocycles. The van der Waals surface area contributed by atoms with E-state index in [2.05, 4.69) is 222 Å². The predicted molar refractivity (Wildman–Crippen MR) is 299 cm³/mol. The van der Waals surface area contributed by atoms with E-state index >= 15 is 0 Å². The van der Waals surface area contributed by atoms with E-state index < -0.39 is 28.5 Å². The van der Waals surface area contributed by atoms with E-state index in [0.717, 1.165) is 11.1 Å². The Morgan fingerprint density at radius 1 is 0.302 bits per heavy atom. The van der Waals surface area contributed by atoms with Gasteiger partial charge in [0, 0.05) is 0 Å². The van der Waals surface area contributed by atoms with Crippen LogP contribution in [0.2, 0.25) is 0 Å². The van der Waals surface area contributed by atoms with Gasteiger partial charge in [0.2, 0.25) is 0 Å². The van der Waals surface area contributed by atoms with Crippen molar-refractivity contribution >= 4 is 28.5 Å². The fourth-order valence-corrected chi connectivity index (χ4v) is 40.7. The molecule has 0 spiro atoms. The molecule has 0 N–H and O–H groups in total. The summed E-state index contributed by atoms with van der Waals surface area (Å²) in [6, 6.07) is 19.7. The van der Waals surface area contributed by atoms with Crippen molar-refractivity contribution in [2.24, 2.45) is 9.03 Å². The third-order valence-corrected chi connectivity index (χ3v) is 35.1. The minimum absolute atomic E-state index is 0. The molecule has 0 bridgehead atoms. The van der Waals surface area contributed by atoms with E-state index in [1.165, 1.54) is 0 Å². The number of rotatable bonds is 2. The third-order valence-electron chi connectivity index (χ3n) is 11.8. The van der Waals surface area contributed by atoms with Gasteiger partial charge in [-0.1, -0.05) is 220 Å². The van der Waals surface area contributed by atoms with Crippen LogP contribution in [0.25, 0.3) is 10.3 Å². The molecule has 0 saturated heterocycles. The summed E-state index contributed by atoms with van der Waals surface area (Å²) in [6.45, 7) is 75.4. The SMILES string of the molecule is CC(C)(C)P(=[N-])(N=P(C(C)(C)C)(C(C)(C)C)C(C)(C)C)C(C)(C)C.CC(C)(C)P(=[N-])(N=P(C(C)(C)C)(C(C)(C)C)C(C)(C)C)C(C)(C)C.[CH2-]c1ccccc1.[CH2-]c1ccccc1.[Hf+4]. The van der Waals surface area contributed by atoms with Crippen molar-refractivity contribution in [3.05, 3.63) is 96.0 Å². The minimum Gasteiger partial charge on any atom is -0.789 e. The maximum Gasteiger partial charge on any atom is 4.00 e. The first kappa shape index (κ1) is 67.2. The Morgan fingerprint density at radius 2 is 0.444 bits per heavy atom.